The third kappa shape index (κ3) is 2.74. The number of thiophene rings is 1. The van der Waals surface area contributed by atoms with E-state index in [1.54, 1.807) is 11.3 Å². The lowest BCUT2D eigenvalue weighted by Gasteiger charge is -2.08. The van der Waals surface area contributed by atoms with Crippen molar-refractivity contribution in [1.29, 1.82) is 0 Å². The molecule has 0 radical (unpaired) electrons. The number of ketones is 1. The van der Waals surface area contributed by atoms with Crippen LogP contribution in [-0.2, 0) is 11.2 Å². The average Bonchev–Trinajstić information content (AvgIpc) is 2.98. The standard InChI is InChI=1S/C15H14BrNOS/c16-13-5-6-19-15(13)8-11(18)7-10-9-17-14-4-2-1-3-12(10)14/h1-6,10,17H,7-9H2. The molecule has 1 N–H and O–H groups in total. The van der Waals surface area contributed by atoms with Crippen molar-refractivity contribution in [3.05, 3.63) is 50.6 Å². The SMILES string of the molecule is O=C(Cc1sccc1Br)CC1CNc2ccccc21. The summed E-state index contributed by atoms with van der Waals surface area (Å²) in [6.45, 7) is 0.872. The first kappa shape index (κ1) is 12.9. The predicted octanol–water partition coefficient (Wildman–Crippen LogP) is 4.22. The largest absolute Gasteiger partial charge is 0.384 e. The molecule has 1 unspecified atom stereocenters. The number of nitrogens with one attached hydrogen (secondary N) is 1. The lowest BCUT2D eigenvalue weighted by Crippen LogP contribution is -2.10. The molecule has 0 saturated carbocycles. The normalized spacial score (nSPS) is 17.0. The summed E-state index contributed by atoms with van der Waals surface area (Å²) < 4.78 is 1.05. The fourth-order valence-electron chi connectivity index (χ4n) is 2.52. The number of carbonyl (C=O) groups excluding carboxylic acids is 1. The maximum atomic E-state index is 12.2. The Morgan fingerprint density at radius 1 is 1.37 bits per heavy atom. The van der Waals surface area contributed by atoms with Crippen molar-refractivity contribution >= 4 is 38.7 Å². The first-order valence-electron chi connectivity index (χ1n) is 6.30. The van der Waals surface area contributed by atoms with E-state index >= 15 is 0 Å². The number of rotatable bonds is 4. The highest BCUT2D eigenvalue weighted by Gasteiger charge is 2.24. The minimum atomic E-state index is 0.312. The Balaban J connectivity index is 1.67. The van der Waals surface area contributed by atoms with Crippen LogP contribution in [0.25, 0.3) is 0 Å². The van der Waals surface area contributed by atoms with Crippen LogP contribution in [0.5, 0.6) is 0 Å². The molecule has 2 aromatic rings. The number of hydrogen-bond donors (Lipinski definition) is 1. The highest BCUT2D eigenvalue weighted by atomic mass is 79.9. The molecule has 2 heterocycles. The van der Waals surface area contributed by atoms with Crippen LogP contribution >= 0.6 is 27.3 Å². The number of hydrogen-bond acceptors (Lipinski definition) is 3. The Kier molecular flexibility index (Phi) is 3.71. The molecule has 2 nitrogen and oxygen atoms in total. The number of benzene rings is 1. The topological polar surface area (TPSA) is 29.1 Å². The molecule has 0 fully saturated rings. The summed E-state index contributed by atoms with van der Waals surface area (Å²) in [7, 11) is 0. The molecular formula is C15H14BrNOS. The van der Waals surface area contributed by atoms with Gasteiger partial charge in [0.15, 0.2) is 0 Å². The fraction of sp³-hybridized carbons (Fsp3) is 0.267. The van der Waals surface area contributed by atoms with Gasteiger partial charge in [0.05, 0.1) is 0 Å². The van der Waals surface area contributed by atoms with Crippen LogP contribution in [0.1, 0.15) is 22.8 Å². The lowest BCUT2D eigenvalue weighted by molar-refractivity contribution is -0.118. The molecule has 1 aromatic carbocycles. The van der Waals surface area contributed by atoms with Crippen LogP contribution in [0.15, 0.2) is 40.2 Å². The van der Waals surface area contributed by atoms with Crippen LogP contribution < -0.4 is 5.32 Å². The van der Waals surface area contributed by atoms with Gasteiger partial charge in [0.25, 0.3) is 0 Å². The van der Waals surface area contributed by atoms with Crippen LogP contribution in [0.4, 0.5) is 5.69 Å². The number of para-hydroxylation sites is 1. The predicted molar refractivity (Wildman–Crippen MR) is 83.0 cm³/mol. The van der Waals surface area contributed by atoms with Gasteiger partial charge in [-0.25, -0.2) is 0 Å². The van der Waals surface area contributed by atoms with Gasteiger partial charge >= 0.3 is 0 Å². The van der Waals surface area contributed by atoms with Crippen molar-refractivity contribution in [1.82, 2.24) is 0 Å². The molecule has 3 rings (SSSR count). The Hall–Kier alpha value is -1.13. The van der Waals surface area contributed by atoms with E-state index in [1.165, 1.54) is 11.3 Å². The molecule has 1 atom stereocenters. The van der Waals surface area contributed by atoms with Crippen molar-refractivity contribution in [2.24, 2.45) is 0 Å². The molecule has 0 spiro atoms. The second kappa shape index (κ2) is 5.47. The van der Waals surface area contributed by atoms with Crippen LogP contribution in [0.2, 0.25) is 0 Å². The molecule has 0 saturated heterocycles. The minimum Gasteiger partial charge on any atom is -0.384 e. The molecule has 1 aliphatic heterocycles. The van der Waals surface area contributed by atoms with E-state index in [-0.39, 0.29) is 0 Å². The number of fused-ring (bicyclic) bond motifs is 1. The molecule has 4 heteroatoms. The van der Waals surface area contributed by atoms with Crippen molar-refractivity contribution in [3.63, 3.8) is 0 Å². The summed E-state index contributed by atoms with van der Waals surface area (Å²) in [5.41, 5.74) is 2.46. The van der Waals surface area contributed by atoms with Gasteiger partial charge in [-0.1, -0.05) is 18.2 Å². The molecule has 0 amide bonds. The van der Waals surface area contributed by atoms with Gasteiger partial charge in [0.2, 0.25) is 0 Å². The summed E-state index contributed by atoms with van der Waals surface area (Å²) in [4.78, 5) is 13.3. The molecule has 0 aliphatic carbocycles. The van der Waals surface area contributed by atoms with Gasteiger partial charge in [-0.15, -0.1) is 11.3 Å². The number of carbonyl (C=O) groups is 1. The van der Waals surface area contributed by atoms with E-state index < -0.39 is 0 Å². The molecule has 0 bridgehead atoms. The zero-order chi connectivity index (χ0) is 13.2. The summed E-state index contributed by atoms with van der Waals surface area (Å²) in [5.74, 6) is 0.633. The molecule has 1 aliphatic rings. The number of Topliss-reactive ketones (excluding diaryl/α,β-unsaturated/α-hetero) is 1. The maximum Gasteiger partial charge on any atom is 0.138 e. The minimum absolute atomic E-state index is 0.312. The number of anilines is 1. The molecule has 1 aromatic heterocycles. The highest BCUT2D eigenvalue weighted by Crippen LogP contribution is 2.34. The molecule has 19 heavy (non-hydrogen) atoms. The van der Waals surface area contributed by atoms with Crippen molar-refractivity contribution in [3.8, 4) is 0 Å². The third-order valence-electron chi connectivity index (χ3n) is 3.46. The summed E-state index contributed by atoms with van der Waals surface area (Å²) >= 11 is 5.12. The van der Waals surface area contributed by atoms with Crippen molar-refractivity contribution in [2.75, 3.05) is 11.9 Å². The van der Waals surface area contributed by atoms with Gasteiger partial charge in [-0.3, -0.25) is 4.79 Å². The Labute approximate surface area is 125 Å². The molecule has 98 valence electrons. The van der Waals surface area contributed by atoms with E-state index in [1.807, 2.05) is 23.6 Å². The Bertz CT molecular complexity index is 608. The van der Waals surface area contributed by atoms with Gasteiger partial charge in [-0.2, -0.15) is 0 Å². The Morgan fingerprint density at radius 3 is 3.00 bits per heavy atom. The zero-order valence-corrected chi connectivity index (χ0v) is 12.8. The highest BCUT2D eigenvalue weighted by molar-refractivity contribution is 9.10. The van der Waals surface area contributed by atoms with Crippen LogP contribution in [0.3, 0.4) is 0 Å². The fourth-order valence-corrected chi connectivity index (χ4v) is 4.04. The summed E-state index contributed by atoms with van der Waals surface area (Å²) in [5, 5.41) is 5.38. The van der Waals surface area contributed by atoms with Crippen LogP contribution in [0, 0.1) is 0 Å². The second-order valence-electron chi connectivity index (χ2n) is 4.78. The van der Waals surface area contributed by atoms with Gasteiger partial charge < -0.3 is 5.32 Å². The Morgan fingerprint density at radius 2 is 2.21 bits per heavy atom. The lowest BCUT2D eigenvalue weighted by atomic mass is 9.94. The van der Waals surface area contributed by atoms with Crippen LogP contribution in [-0.4, -0.2) is 12.3 Å². The van der Waals surface area contributed by atoms with Gasteiger partial charge in [-0.05, 0) is 39.0 Å². The quantitative estimate of drug-likeness (QED) is 0.906. The van der Waals surface area contributed by atoms with E-state index in [0.29, 0.717) is 24.5 Å². The first-order chi connectivity index (χ1) is 9.24. The van der Waals surface area contributed by atoms with Gasteiger partial charge in [0.1, 0.15) is 5.78 Å². The van der Waals surface area contributed by atoms with E-state index in [2.05, 4.69) is 33.4 Å². The monoisotopic (exact) mass is 335 g/mol. The van der Waals surface area contributed by atoms with Gasteiger partial charge in [0, 0.05) is 40.3 Å². The van der Waals surface area contributed by atoms with Crippen molar-refractivity contribution in [2.45, 2.75) is 18.8 Å². The zero-order valence-electron chi connectivity index (χ0n) is 10.4. The first-order valence-corrected chi connectivity index (χ1v) is 7.97. The van der Waals surface area contributed by atoms with E-state index in [9.17, 15) is 4.79 Å². The number of halogens is 1. The van der Waals surface area contributed by atoms with Crippen molar-refractivity contribution < 1.29 is 4.79 Å². The third-order valence-corrected chi connectivity index (χ3v) is 5.39. The smallest absolute Gasteiger partial charge is 0.138 e. The summed E-state index contributed by atoms with van der Waals surface area (Å²) in [6, 6.07) is 10.3. The average molecular weight is 336 g/mol. The van der Waals surface area contributed by atoms with E-state index in [4.69, 9.17) is 0 Å². The maximum absolute atomic E-state index is 12.2. The summed E-state index contributed by atoms with van der Waals surface area (Å²) in [6.07, 6.45) is 1.16. The molecular weight excluding hydrogens is 322 g/mol. The second-order valence-corrected chi connectivity index (χ2v) is 6.63. The van der Waals surface area contributed by atoms with E-state index in [0.717, 1.165) is 15.9 Å².